The van der Waals surface area contributed by atoms with Gasteiger partial charge in [0.25, 0.3) is 0 Å². The van der Waals surface area contributed by atoms with Crippen LogP contribution in [0.15, 0.2) is 66.7 Å². The van der Waals surface area contributed by atoms with E-state index < -0.39 is 5.97 Å². The molecule has 2 aromatic carbocycles. The number of hydrogen-bond donors (Lipinski definition) is 1. The van der Waals surface area contributed by atoms with E-state index in [1.54, 1.807) is 6.07 Å². The molecular weight excluding hydrogens is 268 g/mol. The minimum Gasteiger partial charge on any atom is -0.477 e. The molecule has 1 aromatic heterocycles. The van der Waals surface area contributed by atoms with E-state index in [2.05, 4.69) is 24.3 Å². The van der Waals surface area contributed by atoms with Crippen LogP contribution in [0, 0.1) is 0 Å². The van der Waals surface area contributed by atoms with Crippen LogP contribution in [0.2, 0.25) is 0 Å². The fourth-order valence-corrected chi connectivity index (χ4v) is 2.93. The Labute approximate surface area is 121 Å². The first-order valence-electron chi connectivity index (χ1n) is 6.23. The molecule has 0 amide bonds. The van der Waals surface area contributed by atoms with E-state index >= 15 is 0 Å². The third-order valence-corrected chi connectivity index (χ3v) is 4.19. The van der Waals surface area contributed by atoms with Crippen molar-refractivity contribution in [1.29, 1.82) is 0 Å². The summed E-state index contributed by atoms with van der Waals surface area (Å²) >= 11 is 1.30. The molecule has 98 valence electrons. The van der Waals surface area contributed by atoms with Crippen molar-refractivity contribution in [2.24, 2.45) is 0 Å². The average molecular weight is 280 g/mol. The zero-order valence-electron chi connectivity index (χ0n) is 10.6. The minimum atomic E-state index is -0.875. The van der Waals surface area contributed by atoms with Gasteiger partial charge in [-0.1, -0.05) is 48.5 Å². The number of thiophene rings is 1. The SMILES string of the molecule is O=C(O)c1ccc(-c2cccc(-c3ccccc3)c2)s1. The largest absolute Gasteiger partial charge is 0.477 e. The second-order valence-electron chi connectivity index (χ2n) is 4.42. The van der Waals surface area contributed by atoms with Crippen LogP contribution in [-0.2, 0) is 0 Å². The van der Waals surface area contributed by atoms with Crippen molar-refractivity contribution in [3.8, 4) is 21.6 Å². The molecule has 0 aliphatic heterocycles. The Hall–Kier alpha value is -2.39. The normalized spacial score (nSPS) is 10.4. The highest BCUT2D eigenvalue weighted by molar-refractivity contribution is 7.17. The molecule has 1 N–H and O–H groups in total. The maximum absolute atomic E-state index is 10.9. The summed E-state index contributed by atoms with van der Waals surface area (Å²) in [5.41, 5.74) is 3.33. The summed E-state index contributed by atoms with van der Waals surface area (Å²) in [5.74, 6) is -0.875. The molecular formula is C17H12O2S. The number of aromatic carboxylic acids is 1. The van der Waals surface area contributed by atoms with Crippen molar-refractivity contribution in [1.82, 2.24) is 0 Å². The topological polar surface area (TPSA) is 37.3 Å². The van der Waals surface area contributed by atoms with Crippen LogP contribution in [0.4, 0.5) is 0 Å². The summed E-state index contributed by atoms with van der Waals surface area (Å²) in [7, 11) is 0. The number of rotatable bonds is 3. The van der Waals surface area contributed by atoms with Crippen LogP contribution in [-0.4, -0.2) is 11.1 Å². The maximum atomic E-state index is 10.9. The number of carboxylic acids is 1. The molecule has 1 heterocycles. The Morgan fingerprint density at radius 2 is 1.50 bits per heavy atom. The lowest BCUT2D eigenvalue weighted by Gasteiger charge is -2.04. The van der Waals surface area contributed by atoms with E-state index in [-0.39, 0.29) is 0 Å². The fraction of sp³-hybridized carbons (Fsp3) is 0. The summed E-state index contributed by atoms with van der Waals surface area (Å²) in [6.07, 6.45) is 0. The van der Waals surface area contributed by atoms with Crippen LogP contribution in [0.1, 0.15) is 9.67 Å². The van der Waals surface area contributed by atoms with Gasteiger partial charge in [0.05, 0.1) is 0 Å². The van der Waals surface area contributed by atoms with E-state index in [0.29, 0.717) is 4.88 Å². The zero-order chi connectivity index (χ0) is 13.9. The molecule has 2 nitrogen and oxygen atoms in total. The second kappa shape index (κ2) is 5.31. The number of benzene rings is 2. The Kier molecular flexibility index (Phi) is 3.35. The van der Waals surface area contributed by atoms with E-state index in [4.69, 9.17) is 5.11 Å². The molecule has 0 atom stereocenters. The van der Waals surface area contributed by atoms with Gasteiger partial charge in [0.15, 0.2) is 0 Å². The van der Waals surface area contributed by atoms with Crippen molar-refractivity contribution < 1.29 is 9.90 Å². The van der Waals surface area contributed by atoms with Gasteiger partial charge in [0, 0.05) is 4.88 Å². The van der Waals surface area contributed by atoms with Gasteiger partial charge in [0.1, 0.15) is 4.88 Å². The van der Waals surface area contributed by atoms with Gasteiger partial charge in [-0.05, 0) is 34.9 Å². The minimum absolute atomic E-state index is 0.366. The van der Waals surface area contributed by atoms with Crippen LogP contribution in [0.5, 0.6) is 0 Å². The highest BCUT2D eigenvalue weighted by Crippen LogP contribution is 2.31. The maximum Gasteiger partial charge on any atom is 0.345 e. The third kappa shape index (κ3) is 2.49. The Bertz CT molecular complexity index is 744. The van der Waals surface area contributed by atoms with Gasteiger partial charge in [-0.25, -0.2) is 4.79 Å². The van der Waals surface area contributed by atoms with E-state index in [9.17, 15) is 4.79 Å². The van der Waals surface area contributed by atoms with Gasteiger partial charge in [0.2, 0.25) is 0 Å². The monoisotopic (exact) mass is 280 g/mol. The predicted molar refractivity (Wildman–Crippen MR) is 82.2 cm³/mol. The summed E-state index contributed by atoms with van der Waals surface area (Å²) in [5, 5.41) is 8.99. The van der Waals surface area contributed by atoms with Crippen LogP contribution in [0.3, 0.4) is 0 Å². The molecule has 3 aromatic rings. The highest BCUT2D eigenvalue weighted by atomic mass is 32.1. The molecule has 0 bridgehead atoms. The molecule has 0 fully saturated rings. The molecule has 0 radical (unpaired) electrons. The molecule has 0 saturated carbocycles. The summed E-state index contributed by atoms with van der Waals surface area (Å²) < 4.78 is 0. The first-order valence-corrected chi connectivity index (χ1v) is 7.05. The van der Waals surface area contributed by atoms with E-state index in [1.807, 2.05) is 36.4 Å². The molecule has 3 heteroatoms. The van der Waals surface area contributed by atoms with Gasteiger partial charge in [-0.15, -0.1) is 11.3 Å². The number of carbonyl (C=O) groups is 1. The summed E-state index contributed by atoms with van der Waals surface area (Å²) in [6.45, 7) is 0. The molecule has 0 saturated heterocycles. The van der Waals surface area contributed by atoms with E-state index in [1.165, 1.54) is 11.3 Å². The van der Waals surface area contributed by atoms with Crippen molar-refractivity contribution in [2.75, 3.05) is 0 Å². The van der Waals surface area contributed by atoms with Gasteiger partial charge in [-0.2, -0.15) is 0 Å². The fourth-order valence-electron chi connectivity index (χ4n) is 2.09. The lowest BCUT2D eigenvalue weighted by Crippen LogP contribution is -1.89. The molecule has 0 aliphatic carbocycles. The van der Waals surface area contributed by atoms with Crippen molar-refractivity contribution in [3.63, 3.8) is 0 Å². The smallest absolute Gasteiger partial charge is 0.345 e. The van der Waals surface area contributed by atoms with Crippen molar-refractivity contribution in [3.05, 3.63) is 71.6 Å². The van der Waals surface area contributed by atoms with E-state index in [0.717, 1.165) is 21.6 Å². The van der Waals surface area contributed by atoms with Crippen LogP contribution in [0.25, 0.3) is 21.6 Å². The van der Waals surface area contributed by atoms with Crippen LogP contribution < -0.4 is 0 Å². The molecule has 3 rings (SSSR count). The Morgan fingerprint density at radius 3 is 2.20 bits per heavy atom. The third-order valence-electron chi connectivity index (χ3n) is 3.07. The number of hydrogen-bond acceptors (Lipinski definition) is 2. The molecule has 0 unspecified atom stereocenters. The predicted octanol–water partition coefficient (Wildman–Crippen LogP) is 4.78. The first-order chi connectivity index (χ1) is 9.74. The van der Waals surface area contributed by atoms with Gasteiger partial charge in [-0.3, -0.25) is 0 Å². The number of carboxylic acid groups (broad SMARTS) is 1. The Morgan fingerprint density at radius 1 is 0.800 bits per heavy atom. The van der Waals surface area contributed by atoms with Gasteiger partial charge < -0.3 is 5.11 Å². The highest BCUT2D eigenvalue weighted by Gasteiger charge is 2.09. The molecule has 0 aliphatic rings. The Balaban J connectivity index is 2.01. The van der Waals surface area contributed by atoms with Gasteiger partial charge >= 0.3 is 5.97 Å². The summed E-state index contributed by atoms with van der Waals surface area (Å²) in [4.78, 5) is 12.3. The first kappa shape index (κ1) is 12.6. The summed E-state index contributed by atoms with van der Waals surface area (Å²) in [6, 6.07) is 21.8. The average Bonchev–Trinajstić information content (AvgIpc) is 2.98. The lowest BCUT2D eigenvalue weighted by molar-refractivity contribution is 0.0702. The molecule has 20 heavy (non-hydrogen) atoms. The van der Waals surface area contributed by atoms with Crippen molar-refractivity contribution >= 4 is 17.3 Å². The lowest BCUT2D eigenvalue weighted by atomic mass is 10.0. The second-order valence-corrected chi connectivity index (χ2v) is 5.50. The zero-order valence-corrected chi connectivity index (χ0v) is 11.4. The quantitative estimate of drug-likeness (QED) is 0.749. The van der Waals surface area contributed by atoms with Crippen molar-refractivity contribution in [2.45, 2.75) is 0 Å². The standard InChI is InChI=1S/C17H12O2S/c18-17(19)16-10-9-15(20-16)14-8-4-7-13(11-14)12-5-2-1-3-6-12/h1-11H,(H,18,19). The van der Waals surface area contributed by atoms with Crippen LogP contribution >= 0.6 is 11.3 Å². The molecule has 0 spiro atoms.